The van der Waals surface area contributed by atoms with Crippen LogP contribution in [0.3, 0.4) is 0 Å². The molecule has 2 fully saturated rings. The molecule has 1 saturated heterocycles. The van der Waals surface area contributed by atoms with Crippen molar-refractivity contribution in [1.29, 1.82) is 0 Å². The van der Waals surface area contributed by atoms with Crippen LogP contribution in [0.5, 0.6) is 0 Å². The zero-order chi connectivity index (χ0) is 14.6. The van der Waals surface area contributed by atoms with Crippen LogP contribution in [0, 0.1) is 11.8 Å². The highest BCUT2D eigenvalue weighted by Gasteiger charge is 2.71. The topological polar surface area (TPSA) is 80.8 Å². The van der Waals surface area contributed by atoms with Gasteiger partial charge in [-0.1, -0.05) is 0 Å². The molecule has 0 aromatic carbocycles. The quantitative estimate of drug-likeness (QED) is 0.895. The van der Waals surface area contributed by atoms with Gasteiger partial charge in [-0.25, -0.2) is 23.7 Å². The molecule has 0 amide bonds. The number of hydrogen-bond donors (Lipinski definition) is 1. The van der Waals surface area contributed by atoms with Gasteiger partial charge in [0.15, 0.2) is 0 Å². The van der Waals surface area contributed by atoms with Crippen LogP contribution in [0.1, 0.15) is 0 Å². The number of anilines is 2. The normalized spacial score (nSPS) is 25.7. The maximum atomic E-state index is 13.2. The van der Waals surface area contributed by atoms with E-state index in [0.717, 1.165) is 0 Å². The lowest BCUT2D eigenvalue weighted by Gasteiger charge is -2.20. The van der Waals surface area contributed by atoms with Gasteiger partial charge in [-0.3, -0.25) is 4.98 Å². The van der Waals surface area contributed by atoms with E-state index in [1.54, 1.807) is 18.6 Å². The minimum atomic E-state index is -2.49. The molecular formula is C13H12F2N6. The summed E-state index contributed by atoms with van der Waals surface area (Å²) < 4.78 is 26.3. The SMILES string of the molecule is Nc1cncc(-c2cnc(N3CC4C(C3)C4(F)F)cn2)n1. The summed E-state index contributed by atoms with van der Waals surface area (Å²) in [6.07, 6.45) is 6.12. The second-order valence-corrected chi connectivity index (χ2v) is 5.38. The molecule has 2 unspecified atom stereocenters. The molecule has 1 aliphatic carbocycles. The van der Waals surface area contributed by atoms with Crippen LogP contribution in [-0.4, -0.2) is 38.9 Å². The Hall–Kier alpha value is -2.38. The predicted molar refractivity (Wildman–Crippen MR) is 71.6 cm³/mol. The van der Waals surface area contributed by atoms with E-state index in [1.165, 1.54) is 6.20 Å². The Bertz CT molecular complexity index is 675. The molecule has 2 aliphatic rings. The fourth-order valence-electron chi connectivity index (χ4n) is 2.82. The van der Waals surface area contributed by atoms with Crippen LogP contribution in [0.4, 0.5) is 20.4 Å². The van der Waals surface area contributed by atoms with Crippen molar-refractivity contribution in [3.63, 3.8) is 0 Å². The number of nitrogens with two attached hydrogens (primary N) is 1. The third kappa shape index (κ3) is 1.90. The fourth-order valence-corrected chi connectivity index (χ4v) is 2.82. The van der Waals surface area contributed by atoms with Crippen LogP contribution < -0.4 is 10.6 Å². The largest absolute Gasteiger partial charge is 0.382 e. The minimum Gasteiger partial charge on any atom is -0.382 e. The second kappa shape index (κ2) is 4.06. The number of alkyl halides is 2. The summed E-state index contributed by atoms with van der Waals surface area (Å²) in [5.74, 6) is -2.63. The number of hydrogen-bond acceptors (Lipinski definition) is 6. The lowest BCUT2D eigenvalue weighted by Crippen LogP contribution is -2.28. The zero-order valence-electron chi connectivity index (χ0n) is 10.9. The number of nitrogen functional groups attached to an aromatic ring is 1. The van der Waals surface area contributed by atoms with Gasteiger partial charge in [-0.05, 0) is 0 Å². The van der Waals surface area contributed by atoms with Crippen LogP contribution in [0.2, 0.25) is 0 Å². The molecule has 0 radical (unpaired) electrons. The molecule has 2 atom stereocenters. The van der Waals surface area contributed by atoms with Gasteiger partial charge in [0.2, 0.25) is 0 Å². The molecule has 6 nitrogen and oxygen atoms in total. The maximum absolute atomic E-state index is 13.2. The van der Waals surface area contributed by atoms with Gasteiger partial charge >= 0.3 is 0 Å². The van der Waals surface area contributed by atoms with Crippen molar-refractivity contribution in [2.45, 2.75) is 5.92 Å². The van der Waals surface area contributed by atoms with E-state index in [-0.39, 0.29) is 0 Å². The molecular weight excluding hydrogens is 278 g/mol. The van der Waals surface area contributed by atoms with Crippen molar-refractivity contribution < 1.29 is 8.78 Å². The number of rotatable bonds is 2. The molecule has 0 bridgehead atoms. The lowest BCUT2D eigenvalue weighted by atomic mass is 10.3. The first kappa shape index (κ1) is 12.4. The molecule has 4 rings (SSSR count). The predicted octanol–water partition coefficient (Wildman–Crippen LogP) is 1.22. The van der Waals surface area contributed by atoms with Gasteiger partial charge in [0.1, 0.15) is 23.0 Å². The molecule has 21 heavy (non-hydrogen) atoms. The molecule has 2 aromatic rings. The molecule has 108 valence electrons. The van der Waals surface area contributed by atoms with E-state index < -0.39 is 17.8 Å². The van der Waals surface area contributed by atoms with E-state index in [2.05, 4.69) is 19.9 Å². The Kier molecular flexibility index (Phi) is 2.39. The Labute approximate surface area is 119 Å². The molecule has 2 aromatic heterocycles. The summed E-state index contributed by atoms with van der Waals surface area (Å²) in [6.45, 7) is 0.674. The van der Waals surface area contributed by atoms with Gasteiger partial charge in [0, 0.05) is 13.1 Å². The van der Waals surface area contributed by atoms with Gasteiger partial charge in [0.05, 0.1) is 36.6 Å². The van der Waals surface area contributed by atoms with E-state index in [0.29, 0.717) is 36.1 Å². The van der Waals surface area contributed by atoms with Crippen molar-refractivity contribution in [2.75, 3.05) is 23.7 Å². The lowest BCUT2D eigenvalue weighted by molar-refractivity contribution is 0.0797. The number of piperidine rings is 1. The highest BCUT2D eigenvalue weighted by molar-refractivity contribution is 5.55. The average molecular weight is 290 g/mol. The van der Waals surface area contributed by atoms with Crippen LogP contribution in [-0.2, 0) is 0 Å². The Morgan fingerprint density at radius 1 is 1.05 bits per heavy atom. The Balaban J connectivity index is 1.53. The summed E-state index contributed by atoms with van der Waals surface area (Å²) in [5, 5.41) is 0. The van der Waals surface area contributed by atoms with Crippen LogP contribution in [0.25, 0.3) is 11.4 Å². The summed E-state index contributed by atoms with van der Waals surface area (Å²) in [6, 6.07) is 0. The first-order valence-corrected chi connectivity index (χ1v) is 6.58. The van der Waals surface area contributed by atoms with Crippen molar-refractivity contribution in [1.82, 2.24) is 19.9 Å². The van der Waals surface area contributed by atoms with Crippen molar-refractivity contribution in [2.24, 2.45) is 11.8 Å². The summed E-state index contributed by atoms with van der Waals surface area (Å²) in [5.41, 5.74) is 6.65. The van der Waals surface area contributed by atoms with E-state index >= 15 is 0 Å². The van der Waals surface area contributed by atoms with Crippen molar-refractivity contribution >= 4 is 11.6 Å². The molecule has 1 saturated carbocycles. The van der Waals surface area contributed by atoms with Crippen molar-refractivity contribution in [3.05, 3.63) is 24.8 Å². The van der Waals surface area contributed by atoms with Gasteiger partial charge in [-0.15, -0.1) is 0 Å². The highest BCUT2D eigenvalue weighted by Crippen LogP contribution is 2.59. The molecule has 8 heteroatoms. The first-order valence-electron chi connectivity index (χ1n) is 6.58. The average Bonchev–Trinajstić information content (AvgIpc) is 2.86. The highest BCUT2D eigenvalue weighted by atomic mass is 19.3. The van der Waals surface area contributed by atoms with Gasteiger partial charge in [-0.2, -0.15) is 0 Å². The monoisotopic (exact) mass is 290 g/mol. The molecule has 0 spiro atoms. The van der Waals surface area contributed by atoms with E-state index in [9.17, 15) is 8.78 Å². The Morgan fingerprint density at radius 2 is 1.81 bits per heavy atom. The van der Waals surface area contributed by atoms with E-state index in [1.807, 2.05) is 4.90 Å². The van der Waals surface area contributed by atoms with Crippen LogP contribution >= 0.6 is 0 Å². The van der Waals surface area contributed by atoms with Crippen molar-refractivity contribution in [3.8, 4) is 11.4 Å². The molecule has 3 heterocycles. The van der Waals surface area contributed by atoms with Gasteiger partial charge in [0.25, 0.3) is 5.92 Å². The Morgan fingerprint density at radius 3 is 2.43 bits per heavy atom. The molecule has 1 aliphatic heterocycles. The smallest absolute Gasteiger partial charge is 0.258 e. The third-order valence-corrected chi connectivity index (χ3v) is 4.08. The first-order chi connectivity index (χ1) is 10.1. The zero-order valence-corrected chi connectivity index (χ0v) is 10.9. The summed E-state index contributed by atoms with van der Waals surface area (Å²) in [4.78, 5) is 18.4. The summed E-state index contributed by atoms with van der Waals surface area (Å²) >= 11 is 0. The fraction of sp³-hybridized carbons (Fsp3) is 0.385. The van der Waals surface area contributed by atoms with Crippen LogP contribution in [0.15, 0.2) is 24.8 Å². The van der Waals surface area contributed by atoms with Gasteiger partial charge < -0.3 is 10.6 Å². The third-order valence-electron chi connectivity index (χ3n) is 4.08. The number of halogens is 2. The minimum absolute atomic E-state index is 0.306. The van der Waals surface area contributed by atoms with E-state index in [4.69, 9.17) is 5.73 Å². The number of fused-ring (bicyclic) bond motifs is 1. The standard InChI is InChI=1S/C13H12F2N6/c14-13(15)7-5-21(6-8(7)13)12-4-18-9(2-19-12)10-1-17-3-11(16)20-10/h1-4,7-8H,5-6H2,(H2,16,20). The maximum Gasteiger partial charge on any atom is 0.258 e. The molecule has 2 N–H and O–H groups in total. The second-order valence-electron chi connectivity index (χ2n) is 5.38. The number of nitrogens with zero attached hydrogens (tertiary/aromatic N) is 5. The summed E-state index contributed by atoms with van der Waals surface area (Å²) in [7, 11) is 0. The number of aromatic nitrogens is 4.